The van der Waals surface area contributed by atoms with Gasteiger partial charge in [-0.05, 0) is 18.6 Å². The third-order valence-corrected chi connectivity index (χ3v) is 4.05. The maximum Gasteiger partial charge on any atom is 0.295 e. The summed E-state index contributed by atoms with van der Waals surface area (Å²) in [6, 6.07) is 11.2. The highest BCUT2D eigenvalue weighted by Crippen LogP contribution is 2.38. The Hall–Kier alpha value is -2.99. The van der Waals surface area contributed by atoms with Crippen molar-refractivity contribution in [3.05, 3.63) is 71.6 Å². The molecule has 128 valence electrons. The van der Waals surface area contributed by atoms with Crippen molar-refractivity contribution in [2.24, 2.45) is 0 Å². The van der Waals surface area contributed by atoms with Crippen molar-refractivity contribution < 1.29 is 19.8 Å². The minimum atomic E-state index is -0.811. The molecule has 2 aromatic rings. The first-order valence-corrected chi connectivity index (χ1v) is 7.92. The SMILES string of the molecule is CC(O)CN1C(=O)C(=O)C(=C(O)c2ccccc2)C1c1cccnc1. The van der Waals surface area contributed by atoms with E-state index in [1.807, 2.05) is 0 Å². The van der Waals surface area contributed by atoms with E-state index in [-0.39, 0.29) is 17.9 Å². The first-order chi connectivity index (χ1) is 12.0. The lowest BCUT2D eigenvalue weighted by Gasteiger charge is -2.26. The highest BCUT2D eigenvalue weighted by atomic mass is 16.3. The van der Waals surface area contributed by atoms with Crippen LogP contribution in [0, 0.1) is 0 Å². The predicted molar refractivity (Wildman–Crippen MR) is 91.4 cm³/mol. The number of carbonyl (C=O) groups excluding carboxylic acids is 2. The van der Waals surface area contributed by atoms with Crippen LogP contribution < -0.4 is 0 Å². The van der Waals surface area contributed by atoms with Crippen LogP contribution in [0.2, 0.25) is 0 Å². The molecule has 6 heteroatoms. The van der Waals surface area contributed by atoms with E-state index in [0.29, 0.717) is 11.1 Å². The van der Waals surface area contributed by atoms with Gasteiger partial charge in [-0.25, -0.2) is 0 Å². The molecule has 2 atom stereocenters. The maximum absolute atomic E-state index is 12.6. The molecular formula is C19H18N2O4. The standard InChI is InChI=1S/C19H18N2O4/c1-12(22)11-21-16(14-8-5-9-20-10-14)15(18(24)19(21)25)17(23)13-6-3-2-4-7-13/h2-10,12,16,22-23H,11H2,1H3. The van der Waals surface area contributed by atoms with Crippen LogP contribution in [-0.4, -0.2) is 44.4 Å². The van der Waals surface area contributed by atoms with Gasteiger partial charge in [-0.3, -0.25) is 14.6 Å². The van der Waals surface area contributed by atoms with E-state index >= 15 is 0 Å². The number of likely N-dealkylation sites (tertiary alicyclic amines) is 1. The number of carbonyl (C=O) groups is 2. The monoisotopic (exact) mass is 338 g/mol. The quantitative estimate of drug-likeness (QED) is 0.505. The van der Waals surface area contributed by atoms with Gasteiger partial charge in [0.25, 0.3) is 11.7 Å². The number of hydrogen-bond donors (Lipinski definition) is 2. The molecule has 1 amide bonds. The van der Waals surface area contributed by atoms with E-state index in [4.69, 9.17) is 0 Å². The Labute approximate surface area is 145 Å². The predicted octanol–water partition coefficient (Wildman–Crippen LogP) is 1.88. The number of ketones is 1. The zero-order chi connectivity index (χ0) is 18.0. The van der Waals surface area contributed by atoms with E-state index in [9.17, 15) is 19.8 Å². The van der Waals surface area contributed by atoms with Gasteiger partial charge < -0.3 is 15.1 Å². The van der Waals surface area contributed by atoms with Crippen molar-refractivity contribution in [1.82, 2.24) is 9.88 Å². The first-order valence-electron chi connectivity index (χ1n) is 7.92. The van der Waals surface area contributed by atoms with Gasteiger partial charge in [-0.1, -0.05) is 36.4 Å². The van der Waals surface area contributed by atoms with E-state index in [0.717, 1.165) is 0 Å². The number of pyridine rings is 1. The Morgan fingerprint density at radius 1 is 1.20 bits per heavy atom. The van der Waals surface area contributed by atoms with Gasteiger partial charge in [0.15, 0.2) is 0 Å². The first kappa shape index (κ1) is 16.9. The van der Waals surface area contributed by atoms with Crippen molar-refractivity contribution in [3.8, 4) is 0 Å². The number of Topliss-reactive ketones (excluding diaryl/α,β-unsaturated/α-hetero) is 1. The molecule has 2 N–H and O–H groups in total. The molecule has 1 aromatic heterocycles. The van der Waals surface area contributed by atoms with Crippen molar-refractivity contribution in [1.29, 1.82) is 0 Å². The molecule has 1 saturated heterocycles. The van der Waals surface area contributed by atoms with Crippen molar-refractivity contribution >= 4 is 17.4 Å². The van der Waals surface area contributed by atoms with E-state index in [1.165, 1.54) is 11.8 Å². The fraction of sp³-hybridized carbons (Fsp3) is 0.211. The number of hydrogen-bond acceptors (Lipinski definition) is 5. The molecule has 0 bridgehead atoms. The zero-order valence-electron chi connectivity index (χ0n) is 13.7. The number of β-amino-alcohol motifs (C(OH)–C–C–N with tert-alkyl or cyclic N) is 1. The van der Waals surface area contributed by atoms with Crippen molar-refractivity contribution in [3.63, 3.8) is 0 Å². The van der Waals surface area contributed by atoms with Crippen LogP contribution in [0.25, 0.3) is 5.76 Å². The molecule has 6 nitrogen and oxygen atoms in total. The van der Waals surface area contributed by atoms with Crippen LogP contribution in [0.3, 0.4) is 0 Å². The summed E-state index contributed by atoms with van der Waals surface area (Å²) in [5.41, 5.74) is 1.05. The van der Waals surface area contributed by atoms with Crippen LogP contribution in [0.1, 0.15) is 24.1 Å². The molecule has 0 radical (unpaired) electrons. The van der Waals surface area contributed by atoms with Crippen LogP contribution >= 0.6 is 0 Å². The normalized spacial score (nSPS) is 20.7. The third-order valence-electron chi connectivity index (χ3n) is 4.05. The maximum atomic E-state index is 12.6. The van der Waals surface area contributed by atoms with Gasteiger partial charge in [-0.15, -0.1) is 0 Å². The molecule has 0 aliphatic carbocycles. The number of nitrogens with zero attached hydrogens (tertiary/aromatic N) is 2. The van der Waals surface area contributed by atoms with E-state index in [1.54, 1.807) is 54.9 Å². The Bertz CT molecular complexity index is 816. The van der Waals surface area contributed by atoms with Crippen LogP contribution in [0.4, 0.5) is 0 Å². The Morgan fingerprint density at radius 3 is 2.52 bits per heavy atom. The third kappa shape index (κ3) is 3.16. The van der Waals surface area contributed by atoms with Gasteiger partial charge in [-0.2, -0.15) is 0 Å². The second-order valence-electron chi connectivity index (χ2n) is 5.95. The molecule has 1 fully saturated rings. The fourth-order valence-electron chi connectivity index (χ4n) is 2.99. The molecule has 1 aliphatic rings. The zero-order valence-corrected chi connectivity index (χ0v) is 13.7. The summed E-state index contributed by atoms with van der Waals surface area (Å²) >= 11 is 0. The lowest BCUT2D eigenvalue weighted by Crippen LogP contribution is -2.35. The highest BCUT2D eigenvalue weighted by molar-refractivity contribution is 6.46. The molecule has 25 heavy (non-hydrogen) atoms. The fourth-order valence-corrected chi connectivity index (χ4v) is 2.99. The number of rotatable bonds is 4. The van der Waals surface area contributed by atoms with Gasteiger partial charge >= 0.3 is 0 Å². The molecule has 3 rings (SSSR count). The van der Waals surface area contributed by atoms with Gasteiger partial charge in [0, 0.05) is 24.5 Å². The molecule has 2 heterocycles. The van der Waals surface area contributed by atoms with Crippen LogP contribution in [0.5, 0.6) is 0 Å². The Balaban J connectivity index is 2.18. The lowest BCUT2D eigenvalue weighted by atomic mass is 9.96. The Morgan fingerprint density at radius 2 is 1.92 bits per heavy atom. The molecule has 0 saturated carbocycles. The molecule has 1 aromatic carbocycles. The second kappa shape index (κ2) is 6.86. The molecule has 0 spiro atoms. The van der Waals surface area contributed by atoms with E-state index in [2.05, 4.69) is 4.98 Å². The Kier molecular flexibility index (Phi) is 4.63. The topological polar surface area (TPSA) is 90.7 Å². The molecular weight excluding hydrogens is 320 g/mol. The minimum Gasteiger partial charge on any atom is -0.507 e. The number of aromatic nitrogens is 1. The minimum absolute atomic E-state index is 0.00449. The second-order valence-corrected chi connectivity index (χ2v) is 5.95. The molecule has 1 aliphatic heterocycles. The van der Waals surface area contributed by atoms with Crippen LogP contribution in [-0.2, 0) is 9.59 Å². The number of aliphatic hydroxyl groups excluding tert-OH is 2. The van der Waals surface area contributed by atoms with Crippen molar-refractivity contribution in [2.45, 2.75) is 19.1 Å². The largest absolute Gasteiger partial charge is 0.507 e. The summed E-state index contributed by atoms with van der Waals surface area (Å²) in [6.07, 6.45) is 2.32. The summed E-state index contributed by atoms with van der Waals surface area (Å²) in [6.45, 7) is 1.52. The highest BCUT2D eigenvalue weighted by Gasteiger charge is 2.46. The average Bonchev–Trinajstić information content (AvgIpc) is 2.87. The number of amides is 1. The number of aliphatic hydroxyl groups is 2. The summed E-state index contributed by atoms with van der Waals surface area (Å²) in [5, 5.41) is 20.4. The van der Waals surface area contributed by atoms with E-state index < -0.39 is 23.8 Å². The summed E-state index contributed by atoms with van der Waals surface area (Å²) in [7, 11) is 0. The summed E-state index contributed by atoms with van der Waals surface area (Å²) in [5.74, 6) is -1.75. The van der Waals surface area contributed by atoms with Gasteiger partial charge in [0.05, 0.1) is 17.7 Å². The summed E-state index contributed by atoms with van der Waals surface area (Å²) in [4.78, 5) is 30.4. The van der Waals surface area contributed by atoms with Gasteiger partial charge in [0.2, 0.25) is 0 Å². The van der Waals surface area contributed by atoms with Crippen molar-refractivity contribution in [2.75, 3.05) is 6.54 Å². The van der Waals surface area contributed by atoms with Crippen LogP contribution in [0.15, 0.2) is 60.4 Å². The lowest BCUT2D eigenvalue weighted by molar-refractivity contribution is -0.140. The summed E-state index contributed by atoms with van der Waals surface area (Å²) < 4.78 is 0. The smallest absolute Gasteiger partial charge is 0.295 e. The molecule has 2 unspecified atom stereocenters. The average molecular weight is 338 g/mol. The number of benzene rings is 1. The van der Waals surface area contributed by atoms with Gasteiger partial charge in [0.1, 0.15) is 5.76 Å².